The van der Waals surface area contributed by atoms with Gasteiger partial charge in [0.1, 0.15) is 11.5 Å². The van der Waals surface area contributed by atoms with E-state index in [9.17, 15) is 13.2 Å². The van der Waals surface area contributed by atoms with Crippen LogP contribution in [0.5, 0.6) is 0 Å². The maximum atomic E-state index is 12.5. The Labute approximate surface area is 153 Å². The van der Waals surface area contributed by atoms with Crippen LogP contribution in [0.25, 0.3) is 5.69 Å². The molecule has 0 aliphatic heterocycles. The molecule has 1 heterocycles. The van der Waals surface area contributed by atoms with E-state index in [1.165, 1.54) is 11.1 Å². The van der Waals surface area contributed by atoms with Crippen molar-refractivity contribution in [1.82, 2.24) is 25.1 Å². The minimum absolute atomic E-state index is 0.140. The summed E-state index contributed by atoms with van der Waals surface area (Å²) in [5.41, 5.74) is 0.674. The number of aromatic nitrogens is 4. The van der Waals surface area contributed by atoms with Gasteiger partial charge in [0.25, 0.3) is 0 Å². The molecule has 2 aromatic rings. The first-order valence-corrected chi connectivity index (χ1v) is 10.6. The zero-order valence-corrected chi connectivity index (χ0v) is 15.6. The fourth-order valence-corrected chi connectivity index (χ4v) is 4.53. The van der Waals surface area contributed by atoms with Crippen LogP contribution in [0.2, 0.25) is 0 Å². The minimum atomic E-state index is -3.67. The third-order valence-corrected chi connectivity index (χ3v) is 6.13. The number of rotatable bonds is 6. The van der Waals surface area contributed by atoms with Gasteiger partial charge >= 0.3 is 0 Å². The van der Waals surface area contributed by atoms with Crippen LogP contribution in [-0.4, -0.2) is 58.3 Å². The van der Waals surface area contributed by atoms with Gasteiger partial charge in [-0.3, -0.25) is 4.79 Å². The predicted molar refractivity (Wildman–Crippen MR) is 96.3 cm³/mol. The SMILES string of the molecule is CN(C(=O)CS(=O)(=O)Cc1nnnn1-c1ccccc1)C1CCCCC1. The average Bonchev–Trinajstić information content (AvgIpc) is 3.09. The molecule has 1 saturated carbocycles. The average molecular weight is 377 g/mol. The van der Waals surface area contributed by atoms with E-state index in [0.29, 0.717) is 5.69 Å². The molecule has 1 aliphatic carbocycles. The van der Waals surface area contributed by atoms with Crippen molar-refractivity contribution in [3.05, 3.63) is 36.2 Å². The maximum absolute atomic E-state index is 12.5. The van der Waals surface area contributed by atoms with E-state index in [4.69, 9.17) is 0 Å². The summed E-state index contributed by atoms with van der Waals surface area (Å²) in [6.45, 7) is 0. The highest BCUT2D eigenvalue weighted by atomic mass is 32.2. The fourth-order valence-electron chi connectivity index (χ4n) is 3.28. The lowest BCUT2D eigenvalue weighted by Gasteiger charge is -2.31. The van der Waals surface area contributed by atoms with Crippen LogP contribution in [0, 0.1) is 0 Å². The lowest BCUT2D eigenvalue weighted by atomic mass is 9.94. The summed E-state index contributed by atoms with van der Waals surface area (Å²) in [5, 5.41) is 11.2. The molecule has 0 N–H and O–H groups in total. The highest BCUT2D eigenvalue weighted by molar-refractivity contribution is 7.91. The molecule has 3 rings (SSSR count). The number of hydrogen-bond acceptors (Lipinski definition) is 6. The van der Waals surface area contributed by atoms with Crippen molar-refractivity contribution in [2.45, 2.75) is 43.9 Å². The van der Waals surface area contributed by atoms with Gasteiger partial charge in [-0.2, -0.15) is 4.68 Å². The Kier molecular flexibility index (Phi) is 5.65. The first-order valence-electron chi connectivity index (χ1n) is 8.75. The molecule has 140 valence electrons. The molecular formula is C17H23N5O3S. The van der Waals surface area contributed by atoms with Crippen molar-refractivity contribution in [2.24, 2.45) is 0 Å². The number of nitrogens with zero attached hydrogens (tertiary/aromatic N) is 5. The van der Waals surface area contributed by atoms with Gasteiger partial charge in [0, 0.05) is 13.1 Å². The first-order chi connectivity index (χ1) is 12.5. The molecule has 1 aliphatic rings. The lowest BCUT2D eigenvalue weighted by molar-refractivity contribution is -0.129. The van der Waals surface area contributed by atoms with Gasteiger partial charge in [0.2, 0.25) is 5.91 Å². The summed E-state index contributed by atoms with van der Waals surface area (Å²) in [6.07, 6.45) is 5.23. The van der Waals surface area contributed by atoms with Gasteiger partial charge in [0.15, 0.2) is 15.7 Å². The molecule has 9 heteroatoms. The standard InChI is InChI=1S/C17H23N5O3S/c1-21(14-8-4-2-5-9-14)17(23)13-26(24,25)12-16-18-19-20-22(16)15-10-6-3-7-11-15/h3,6-7,10-11,14H,2,4-5,8-9,12-13H2,1H3. The molecule has 0 radical (unpaired) electrons. The number of carbonyl (C=O) groups excluding carboxylic acids is 1. The topological polar surface area (TPSA) is 98.1 Å². The summed E-state index contributed by atoms with van der Waals surface area (Å²) >= 11 is 0. The number of benzene rings is 1. The Morgan fingerprint density at radius 1 is 1.19 bits per heavy atom. The van der Waals surface area contributed by atoms with Crippen molar-refractivity contribution in [1.29, 1.82) is 0 Å². The third-order valence-electron chi connectivity index (χ3n) is 4.74. The van der Waals surface area contributed by atoms with Crippen LogP contribution < -0.4 is 0 Å². The molecule has 1 aromatic heterocycles. The van der Waals surface area contributed by atoms with E-state index in [1.807, 2.05) is 18.2 Å². The van der Waals surface area contributed by atoms with E-state index in [0.717, 1.165) is 25.7 Å². The van der Waals surface area contributed by atoms with Gasteiger partial charge < -0.3 is 4.90 Å². The Hall–Kier alpha value is -2.29. The fraction of sp³-hybridized carbons (Fsp3) is 0.529. The molecule has 0 unspecified atom stereocenters. The van der Waals surface area contributed by atoms with Crippen molar-refractivity contribution >= 4 is 15.7 Å². The van der Waals surface area contributed by atoms with Gasteiger partial charge in [-0.25, -0.2) is 8.42 Å². The van der Waals surface area contributed by atoms with Gasteiger partial charge in [-0.05, 0) is 35.4 Å². The van der Waals surface area contributed by atoms with Crippen molar-refractivity contribution in [3.8, 4) is 5.69 Å². The van der Waals surface area contributed by atoms with E-state index < -0.39 is 15.6 Å². The highest BCUT2D eigenvalue weighted by Crippen LogP contribution is 2.22. The van der Waals surface area contributed by atoms with E-state index in [-0.39, 0.29) is 23.5 Å². The Morgan fingerprint density at radius 2 is 1.88 bits per heavy atom. The molecule has 26 heavy (non-hydrogen) atoms. The summed E-state index contributed by atoms with van der Waals surface area (Å²) < 4.78 is 26.4. The minimum Gasteiger partial charge on any atom is -0.342 e. The smallest absolute Gasteiger partial charge is 0.237 e. The quantitative estimate of drug-likeness (QED) is 0.754. The second-order valence-electron chi connectivity index (χ2n) is 6.67. The van der Waals surface area contributed by atoms with Crippen LogP contribution in [0.1, 0.15) is 37.9 Å². The zero-order valence-electron chi connectivity index (χ0n) is 14.8. The zero-order chi connectivity index (χ0) is 18.6. The number of para-hydroxylation sites is 1. The third kappa shape index (κ3) is 4.46. The maximum Gasteiger partial charge on any atom is 0.237 e. The van der Waals surface area contributed by atoms with Crippen LogP contribution in [0.4, 0.5) is 0 Å². The Morgan fingerprint density at radius 3 is 2.58 bits per heavy atom. The number of sulfone groups is 1. The molecule has 0 spiro atoms. The highest BCUT2D eigenvalue weighted by Gasteiger charge is 2.27. The van der Waals surface area contributed by atoms with Crippen molar-refractivity contribution in [3.63, 3.8) is 0 Å². The van der Waals surface area contributed by atoms with Gasteiger partial charge in [0.05, 0.1) is 5.69 Å². The number of carbonyl (C=O) groups is 1. The van der Waals surface area contributed by atoms with Gasteiger partial charge in [-0.1, -0.05) is 37.5 Å². The van der Waals surface area contributed by atoms with Crippen LogP contribution >= 0.6 is 0 Å². The normalized spacial score (nSPS) is 15.7. The lowest BCUT2D eigenvalue weighted by Crippen LogP contribution is -2.41. The van der Waals surface area contributed by atoms with E-state index in [1.54, 1.807) is 24.1 Å². The van der Waals surface area contributed by atoms with Gasteiger partial charge in [-0.15, -0.1) is 5.10 Å². The predicted octanol–water partition coefficient (Wildman–Crippen LogP) is 1.37. The molecule has 1 amide bonds. The van der Waals surface area contributed by atoms with E-state index >= 15 is 0 Å². The summed E-state index contributed by atoms with van der Waals surface area (Å²) in [7, 11) is -1.98. The summed E-state index contributed by atoms with van der Waals surface area (Å²) in [5.74, 6) is -1.07. The van der Waals surface area contributed by atoms with Crippen LogP contribution in [0.3, 0.4) is 0 Å². The molecule has 1 aromatic carbocycles. The number of amides is 1. The summed E-state index contributed by atoms with van der Waals surface area (Å²) in [6, 6.07) is 9.20. The second-order valence-corrected chi connectivity index (χ2v) is 8.74. The van der Waals surface area contributed by atoms with Crippen LogP contribution in [0.15, 0.2) is 30.3 Å². The molecule has 8 nitrogen and oxygen atoms in total. The van der Waals surface area contributed by atoms with Crippen molar-refractivity contribution in [2.75, 3.05) is 12.8 Å². The number of hydrogen-bond donors (Lipinski definition) is 0. The Bertz CT molecular complexity index is 844. The molecule has 0 bridgehead atoms. The molecule has 0 atom stereocenters. The van der Waals surface area contributed by atoms with E-state index in [2.05, 4.69) is 15.5 Å². The van der Waals surface area contributed by atoms with Crippen LogP contribution in [-0.2, 0) is 20.4 Å². The molecule has 1 fully saturated rings. The second kappa shape index (κ2) is 7.94. The largest absolute Gasteiger partial charge is 0.342 e. The number of tetrazole rings is 1. The summed E-state index contributed by atoms with van der Waals surface area (Å²) in [4.78, 5) is 14.0. The molecule has 0 saturated heterocycles. The first kappa shape index (κ1) is 18.5. The van der Waals surface area contributed by atoms with Crippen molar-refractivity contribution < 1.29 is 13.2 Å². The Balaban J connectivity index is 1.68. The molecular weight excluding hydrogens is 354 g/mol. The monoisotopic (exact) mass is 377 g/mol.